The topological polar surface area (TPSA) is 52.8 Å². The molecule has 1 aromatic heterocycles. The van der Waals surface area contributed by atoms with Crippen LogP contribution in [-0.2, 0) is 13.0 Å². The number of nitrogens with one attached hydrogen (secondary N) is 2. The molecule has 2 saturated heterocycles. The summed E-state index contributed by atoms with van der Waals surface area (Å²) in [6.07, 6.45) is 7.42. The summed E-state index contributed by atoms with van der Waals surface area (Å²) < 4.78 is 5.46. The first-order valence-corrected chi connectivity index (χ1v) is 12.4. The summed E-state index contributed by atoms with van der Waals surface area (Å²) in [5.74, 6) is 4.45. The normalized spacial score (nSPS) is 21.5. The summed E-state index contributed by atoms with van der Waals surface area (Å²) in [6, 6.07) is 15.8. The summed E-state index contributed by atoms with van der Waals surface area (Å²) >= 11 is 2.05. The van der Waals surface area contributed by atoms with E-state index in [0.29, 0.717) is 12.1 Å². The number of thioether (sulfide) groups is 1. The Kier molecular flexibility index (Phi) is 8.15. The lowest BCUT2D eigenvalue weighted by Crippen LogP contribution is -2.51. The smallest absolute Gasteiger partial charge is 0.191 e. The Bertz CT molecular complexity index is 751. The van der Waals surface area contributed by atoms with E-state index in [2.05, 4.69) is 45.9 Å². The Balaban J connectivity index is 1.28. The summed E-state index contributed by atoms with van der Waals surface area (Å²) in [5, 5.41) is 7.45. The molecule has 1 aromatic carbocycles. The zero-order chi connectivity index (χ0) is 20.4. The highest BCUT2D eigenvalue weighted by atomic mass is 32.2. The molecule has 2 aliphatic heterocycles. The molecule has 6 heteroatoms. The summed E-state index contributed by atoms with van der Waals surface area (Å²) in [4.78, 5) is 7.45. The van der Waals surface area contributed by atoms with E-state index in [-0.39, 0.29) is 0 Å². The highest BCUT2D eigenvalue weighted by molar-refractivity contribution is 7.99. The fraction of sp³-hybridized carbons (Fsp3) is 0.542. The molecule has 3 heterocycles. The van der Waals surface area contributed by atoms with Gasteiger partial charge in [-0.25, -0.2) is 0 Å². The lowest BCUT2D eigenvalue weighted by molar-refractivity contribution is 0.198. The van der Waals surface area contributed by atoms with Gasteiger partial charge in [0.05, 0.1) is 6.26 Å². The van der Waals surface area contributed by atoms with Crippen molar-refractivity contribution in [1.29, 1.82) is 0 Å². The molecule has 1 unspecified atom stereocenters. The molecule has 30 heavy (non-hydrogen) atoms. The van der Waals surface area contributed by atoms with Crippen LogP contribution in [0.25, 0.3) is 0 Å². The predicted octanol–water partition coefficient (Wildman–Crippen LogP) is 3.92. The fourth-order valence-corrected chi connectivity index (χ4v) is 5.26. The van der Waals surface area contributed by atoms with Crippen LogP contribution < -0.4 is 10.6 Å². The van der Waals surface area contributed by atoms with Crippen molar-refractivity contribution in [2.75, 3.05) is 31.1 Å². The average molecular weight is 427 g/mol. The lowest BCUT2D eigenvalue weighted by Gasteiger charge is -2.34. The van der Waals surface area contributed by atoms with E-state index in [1.54, 1.807) is 6.26 Å². The first kappa shape index (κ1) is 21.3. The summed E-state index contributed by atoms with van der Waals surface area (Å²) in [5.41, 5.74) is 1.40. The lowest BCUT2D eigenvalue weighted by atomic mass is 10.0. The average Bonchev–Trinajstić information content (AvgIpc) is 3.30. The van der Waals surface area contributed by atoms with Crippen LogP contribution in [0.15, 0.2) is 58.1 Å². The van der Waals surface area contributed by atoms with Crippen LogP contribution in [0.1, 0.15) is 37.0 Å². The Morgan fingerprint density at radius 1 is 1.03 bits per heavy atom. The number of nitrogens with zero attached hydrogens (tertiary/aromatic N) is 2. The molecule has 1 atom stereocenters. The Hall–Kier alpha value is -1.92. The maximum absolute atomic E-state index is 5.46. The van der Waals surface area contributed by atoms with Gasteiger partial charge in [0.2, 0.25) is 0 Å². The number of aliphatic imine (C=N–C) groups is 1. The highest BCUT2D eigenvalue weighted by Gasteiger charge is 2.22. The van der Waals surface area contributed by atoms with Gasteiger partial charge in [-0.2, -0.15) is 11.8 Å². The number of piperidine rings is 1. The molecule has 0 bridgehead atoms. The van der Waals surface area contributed by atoms with Gasteiger partial charge in [-0.3, -0.25) is 9.89 Å². The molecule has 162 valence electrons. The van der Waals surface area contributed by atoms with Crippen molar-refractivity contribution in [1.82, 2.24) is 15.5 Å². The second-order valence-corrected chi connectivity index (χ2v) is 9.45. The monoisotopic (exact) mass is 426 g/mol. The van der Waals surface area contributed by atoms with Crippen LogP contribution >= 0.6 is 11.8 Å². The SMILES string of the molecule is c1ccc(CN2CCC(NC(=NCCc3ccco3)NC3CCCSC3)CC2)cc1. The van der Waals surface area contributed by atoms with Gasteiger partial charge in [-0.05, 0) is 49.1 Å². The number of furan rings is 1. The first-order valence-electron chi connectivity index (χ1n) is 11.3. The van der Waals surface area contributed by atoms with E-state index in [9.17, 15) is 0 Å². The molecule has 0 aliphatic carbocycles. The van der Waals surface area contributed by atoms with Crippen molar-refractivity contribution in [3.63, 3.8) is 0 Å². The van der Waals surface area contributed by atoms with Crippen LogP contribution in [-0.4, -0.2) is 54.1 Å². The van der Waals surface area contributed by atoms with Crippen LogP contribution in [0.3, 0.4) is 0 Å². The molecule has 4 rings (SSSR count). The minimum atomic E-state index is 0.489. The predicted molar refractivity (Wildman–Crippen MR) is 126 cm³/mol. The van der Waals surface area contributed by atoms with Crippen molar-refractivity contribution in [2.45, 2.75) is 50.7 Å². The van der Waals surface area contributed by atoms with E-state index in [0.717, 1.165) is 57.2 Å². The first-order chi connectivity index (χ1) is 14.8. The fourth-order valence-electron chi connectivity index (χ4n) is 4.18. The van der Waals surface area contributed by atoms with Gasteiger partial charge in [-0.15, -0.1) is 0 Å². The van der Waals surface area contributed by atoms with Crippen molar-refractivity contribution in [3.05, 3.63) is 60.1 Å². The molecule has 0 amide bonds. The minimum Gasteiger partial charge on any atom is -0.469 e. The zero-order valence-electron chi connectivity index (χ0n) is 17.8. The summed E-state index contributed by atoms with van der Waals surface area (Å²) in [6.45, 7) is 4.06. The standard InChI is InChI=1S/C24H34N4OS/c1-2-6-20(7-3-1)18-28-14-11-21(12-15-28)26-24(27-22-8-5-17-30-19-22)25-13-10-23-9-4-16-29-23/h1-4,6-7,9,16,21-22H,5,8,10-15,17-19H2,(H2,25,26,27). The third-order valence-electron chi connectivity index (χ3n) is 5.89. The molecule has 2 fully saturated rings. The van der Waals surface area contributed by atoms with Crippen molar-refractivity contribution >= 4 is 17.7 Å². The van der Waals surface area contributed by atoms with Crippen LogP contribution in [0.4, 0.5) is 0 Å². The largest absolute Gasteiger partial charge is 0.469 e. The molecule has 2 aliphatic rings. The van der Waals surface area contributed by atoms with Gasteiger partial charge in [0, 0.05) is 50.4 Å². The second kappa shape index (κ2) is 11.5. The molecule has 0 radical (unpaired) electrons. The van der Waals surface area contributed by atoms with Crippen LogP contribution in [0, 0.1) is 0 Å². The molecular formula is C24H34N4OS. The number of hydrogen-bond donors (Lipinski definition) is 2. The van der Waals surface area contributed by atoms with Crippen molar-refractivity contribution in [3.8, 4) is 0 Å². The Morgan fingerprint density at radius 2 is 1.87 bits per heavy atom. The van der Waals surface area contributed by atoms with Gasteiger partial charge in [0.1, 0.15) is 5.76 Å². The van der Waals surface area contributed by atoms with Gasteiger partial charge in [0.15, 0.2) is 5.96 Å². The number of rotatable bonds is 7. The van der Waals surface area contributed by atoms with E-state index >= 15 is 0 Å². The molecule has 2 aromatic rings. The number of guanidine groups is 1. The maximum atomic E-state index is 5.46. The minimum absolute atomic E-state index is 0.489. The van der Waals surface area contributed by atoms with Gasteiger partial charge >= 0.3 is 0 Å². The van der Waals surface area contributed by atoms with Crippen LogP contribution in [0.5, 0.6) is 0 Å². The quantitative estimate of drug-likeness (QED) is 0.519. The van der Waals surface area contributed by atoms with E-state index in [1.165, 1.54) is 29.9 Å². The van der Waals surface area contributed by atoms with E-state index in [4.69, 9.17) is 9.41 Å². The van der Waals surface area contributed by atoms with E-state index < -0.39 is 0 Å². The zero-order valence-corrected chi connectivity index (χ0v) is 18.6. The molecule has 0 spiro atoms. The van der Waals surface area contributed by atoms with Gasteiger partial charge < -0.3 is 15.1 Å². The second-order valence-electron chi connectivity index (χ2n) is 8.30. The molecular weight excluding hydrogens is 392 g/mol. The third-order valence-corrected chi connectivity index (χ3v) is 7.10. The van der Waals surface area contributed by atoms with Gasteiger partial charge in [-0.1, -0.05) is 30.3 Å². The van der Waals surface area contributed by atoms with Gasteiger partial charge in [0.25, 0.3) is 0 Å². The van der Waals surface area contributed by atoms with Crippen LogP contribution in [0.2, 0.25) is 0 Å². The van der Waals surface area contributed by atoms with Crippen molar-refractivity contribution in [2.24, 2.45) is 4.99 Å². The molecule has 0 saturated carbocycles. The summed E-state index contributed by atoms with van der Waals surface area (Å²) in [7, 11) is 0. The number of hydrogen-bond acceptors (Lipinski definition) is 4. The molecule has 5 nitrogen and oxygen atoms in total. The Labute approximate surface area is 184 Å². The van der Waals surface area contributed by atoms with E-state index in [1.807, 2.05) is 23.9 Å². The Morgan fingerprint density at radius 3 is 2.60 bits per heavy atom. The number of likely N-dealkylation sites (tertiary alicyclic amines) is 1. The third kappa shape index (κ3) is 6.81. The highest BCUT2D eigenvalue weighted by Crippen LogP contribution is 2.17. The maximum Gasteiger partial charge on any atom is 0.191 e. The number of benzene rings is 1. The molecule has 2 N–H and O–H groups in total. The van der Waals surface area contributed by atoms with Crippen molar-refractivity contribution < 1.29 is 4.42 Å².